The minimum Gasteiger partial charge on any atom is -0.491 e. The third kappa shape index (κ3) is 2.42. The summed E-state index contributed by atoms with van der Waals surface area (Å²) in [4.78, 5) is 0. The van der Waals surface area contributed by atoms with E-state index in [1.165, 1.54) is 25.7 Å². The number of aliphatic hydroxyl groups is 1. The molecule has 5 heteroatoms. The van der Waals surface area contributed by atoms with Gasteiger partial charge in [-0.25, -0.2) is 8.78 Å². The molecule has 2 unspecified atom stereocenters. The highest BCUT2D eigenvalue weighted by molar-refractivity contribution is 8.00. The van der Waals surface area contributed by atoms with E-state index in [9.17, 15) is 13.9 Å². The second kappa shape index (κ2) is 5.19. The van der Waals surface area contributed by atoms with Crippen LogP contribution in [0.3, 0.4) is 0 Å². The quantitative estimate of drug-likeness (QED) is 0.905. The molecule has 2 nitrogen and oxygen atoms in total. The highest BCUT2D eigenvalue weighted by atomic mass is 32.2. The summed E-state index contributed by atoms with van der Waals surface area (Å²) in [5, 5.41) is 11.7. The maximum atomic E-state index is 13.8. The molecule has 2 fully saturated rings. The van der Waals surface area contributed by atoms with Gasteiger partial charge in [-0.1, -0.05) is 6.42 Å². The Morgan fingerprint density at radius 2 is 1.75 bits per heavy atom. The van der Waals surface area contributed by atoms with Gasteiger partial charge in [0.05, 0.1) is 12.7 Å². The first-order valence-corrected chi connectivity index (χ1v) is 7.87. The Hall–Kier alpha value is -0.810. The van der Waals surface area contributed by atoms with E-state index in [2.05, 4.69) is 4.74 Å². The minimum absolute atomic E-state index is 0.338. The van der Waals surface area contributed by atoms with Crippen molar-refractivity contribution >= 4 is 11.8 Å². The molecule has 110 valence electrons. The zero-order valence-electron chi connectivity index (χ0n) is 11.4. The Labute approximate surface area is 121 Å². The zero-order chi connectivity index (χ0) is 14.3. The Kier molecular flexibility index (Phi) is 3.67. The van der Waals surface area contributed by atoms with Gasteiger partial charge in [0.2, 0.25) is 0 Å². The smallest absolute Gasteiger partial charge is 0.190 e. The molecule has 1 aromatic rings. The van der Waals surface area contributed by atoms with Gasteiger partial charge in [0.1, 0.15) is 0 Å². The first-order valence-electron chi connectivity index (χ1n) is 6.93. The van der Waals surface area contributed by atoms with Crippen LogP contribution in [-0.2, 0) is 5.60 Å². The van der Waals surface area contributed by atoms with Crippen molar-refractivity contribution in [1.82, 2.24) is 0 Å². The van der Waals surface area contributed by atoms with E-state index in [1.54, 1.807) is 0 Å². The van der Waals surface area contributed by atoms with Gasteiger partial charge in [0, 0.05) is 10.5 Å². The van der Waals surface area contributed by atoms with Crippen LogP contribution in [0.15, 0.2) is 12.1 Å². The summed E-state index contributed by atoms with van der Waals surface area (Å²) in [6, 6.07) is 2.43. The van der Waals surface area contributed by atoms with E-state index in [-0.39, 0.29) is 5.75 Å². The second-order valence-electron chi connectivity index (χ2n) is 5.72. The largest absolute Gasteiger partial charge is 0.491 e. The van der Waals surface area contributed by atoms with E-state index >= 15 is 0 Å². The van der Waals surface area contributed by atoms with Gasteiger partial charge in [0.15, 0.2) is 17.4 Å². The summed E-state index contributed by atoms with van der Waals surface area (Å²) < 4.78 is 32.4. The van der Waals surface area contributed by atoms with Gasteiger partial charge in [-0.05, 0) is 43.4 Å². The number of thioether (sulfide) groups is 1. The van der Waals surface area contributed by atoms with Crippen LogP contribution >= 0.6 is 11.8 Å². The van der Waals surface area contributed by atoms with Crippen molar-refractivity contribution in [1.29, 1.82) is 0 Å². The van der Waals surface area contributed by atoms with E-state index in [4.69, 9.17) is 0 Å². The molecule has 0 aliphatic carbocycles. The van der Waals surface area contributed by atoms with Crippen LogP contribution in [0.2, 0.25) is 0 Å². The summed E-state index contributed by atoms with van der Waals surface area (Å²) in [7, 11) is 1.23. The first-order chi connectivity index (χ1) is 9.51. The number of rotatable bonds is 2. The topological polar surface area (TPSA) is 29.5 Å². The van der Waals surface area contributed by atoms with E-state index in [0.717, 1.165) is 12.8 Å². The lowest BCUT2D eigenvalue weighted by Crippen LogP contribution is -2.40. The lowest BCUT2D eigenvalue weighted by Gasteiger charge is -2.44. The van der Waals surface area contributed by atoms with Gasteiger partial charge in [-0.3, -0.25) is 0 Å². The molecular formula is C15H18F2O2S. The van der Waals surface area contributed by atoms with E-state index in [1.807, 2.05) is 11.8 Å². The highest BCUT2D eigenvalue weighted by Gasteiger charge is 2.43. The number of fused-ring (bicyclic) bond motifs is 2. The number of benzene rings is 1. The maximum absolute atomic E-state index is 13.8. The van der Waals surface area contributed by atoms with Gasteiger partial charge in [-0.15, -0.1) is 0 Å². The molecule has 2 aliphatic rings. The third-order valence-electron chi connectivity index (χ3n) is 4.31. The normalized spacial score (nSPS) is 33.0. The molecule has 1 aromatic carbocycles. The molecular weight excluding hydrogens is 282 g/mol. The Morgan fingerprint density at radius 3 is 2.25 bits per heavy atom. The van der Waals surface area contributed by atoms with Crippen molar-refractivity contribution in [2.24, 2.45) is 0 Å². The van der Waals surface area contributed by atoms with Crippen molar-refractivity contribution in [2.75, 3.05) is 7.11 Å². The van der Waals surface area contributed by atoms with Crippen LogP contribution in [0.4, 0.5) is 8.78 Å². The summed E-state index contributed by atoms with van der Waals surface area (Å²) in [5.74, 6) is -1.89. The lowest BCUT2D eigenvalue weighted by molar-refractivity contribution is 0.00748. The average molecular weight is 300 g/mol. The monoisotopic (exact) mass is 300 g/mol. The first kappa shape index (κ1) is 14.1. The molecule has 2 bridgehead atoms. The van der Waals surface area contributed by atoms with E-state index in [0.29, 0.717) is 28.9 Å². The van der Waals surface area contributed by atoms with Gasteiger partial charge >= 0.3 is 0 Å². The molecule has 2 atom stereocenters. The minimum atomic E-state index is -1.12. The molecule has 2 heterocycles. The van der Waals surface area contributed by atoms with Crippen molar-refractivity contribution in [3.05, 3.63) is 29.3 Å². The standard InChI is InChI=1S/C15H18F2O2S/c1-19-14-12(16)5-9(6-13(14)17)15(18)7-10-3-2-4-11(8-15)20-10/h5-6,10-11,18H,2-4,7-8H2,1H3. The van der Waals surface area contributed by atoms with Gasteiger partial charge in [0.25, 0.3) is 0 Å². The summed E-state index contributed by atoms with van der Waals surface area (Å²) in [6.45, 7) is 0. The van der Waals surface area contributed by atoms with Crippen molar-refractivity contribution in [2.45, 2.75) is 48.2 Å². The van der Waals surface area contributed by atoms with Gasteiger partial charge < -0.3 is 9.84 Å². The molecule has 0 amide bonds. The maximum Gasteiger partial charge on any atom is 0.190 e. The van der Waals surface area contributed by atoms with Crippen LogP contribution in [0, 0.1) is 11.6 Å². The molecule has 0 radical (unpaired) electrons. The third-order valence-corrected chi connectivity index (χ3v) is 5.88. The van der Waals surface area contributed by atoms with Crippen molar-refractivity contribution < 1.29 is 18.6 Å². The molecule has 0 saturated carbocycles. The number of methoxy groups -OCH3 is 1. The summed E-state index contributed by atoms with van der Waals surface area (Å²) in [5.41, 5.74) is -0.778. The molecule has 2 saturated heterocycles. The lowest BCUT2D eigenvalue weighted by atomic mass is 9.80. The second-order valence-corrected chi connectivity index (χ2v) is 7.33. The molecule has 20 heavy (non-hydrogen) atoms. The average Bonchev–Trinajstić information content (AvgIpc) is 2.37. The fourth-order valence-electron chi connectivity index (χ4n) is 3.38. The van der Waals surface area contributed by atoms with E-state index < -0.39 is 17.2 Å². The summed E-state index contributed by atoms with van der Waals surface area (Å²) >= 11 is 1.91. The fourth-order valence-corrected chi connectivity index (χ4v) is 5.27. The predicted octanol–water partition coefficient (Wildman–Crippen LogP) is 3.61. The van der Waals surface area contributed by atoms with Crippen molar-refractivity contribution in [3.63, 3.8) is 0 Å². The number of ether oxygens (including phenoxy) is 1. The molecule has 3 rings (SSSR count). The fraction of sp³-hybridized carbons (Fsp3) is 0.600. The Bertz CT molecular complexity index is 486. The van der Waals surface area contributed by atoms with Crippen LogP contribution < -0.4 is 4.74 Å². The number of halogens is 2. The zero-order valence-corrected chi connectivity index (χ0v) is 12.2. The van der Waals surface area contributed by atoms with Crippen LogP contribution in [0.1, 0.15) is 37.7 Å². The van der Waals surface area contributed by atoms with Gasteiger partial charge in [-0.2, -0.15) is 11.8 Å². The number of hydrogen-bond donors (Lipinski definition) is 1. The molecule has 1 N–H and O–H groups in total. The predicted molar refractivity (Wildman–Crippen MR) is 75.1 cm³/mol. The number of hydrogen-bond acceptors (Lipinski definition) is 3. The SMILES string of the molecule is COc1c(F)cc(C2(O)CC3CCCC(C2)S3)cc1F. The van der Waals surface area contributed by atoms with Crippen LogP contribution in [-0.4, -0.2) is 22.7 Å². The van der Waals surface area contributed by atoms with Crippen LogP contribution in [0.5, 0.6) is 5.75 Å². The highest BCUT2D eigenvalue weighted by Crippen LogP contribution is 2.49. The molecule has 0 aromatic heterocycles. The van der Waals surface area contributed by atoms with Crippen LogP contribution in [0.25, 0.3) is 0 Å². The summed E-state index contributed by atoms with van der Waals surface area (Å²) in [6.07, 6.45) is 4.47. The Morgan fingerprint density at radius 1 is 1.20 bits per heavy atom. The molecule has 0 spiro atoms. The van der Waals surface area contributed by atoms with Crippen molar-refractivity contribution in [3.8, 4) is 5.75 Å². The Balaban J connectivity index is 1.95. The molecule has 2 aliphatic heterocycles.